The highest BCUT2D eigenvalue weighted by atomic mass is 16.5. The maximum atomic E-state index is 9.53. The SMILES string of the molecule is COC1CCCCC1(C#N)NCc1ccccc1. The number of hydrogen-bond donors (Lipinski definition) is 1. The minimum absolute atomic E-state index is 0.0000350. The summed E-state index contributed by atoms with van der Waals surface area (Å²) in [6.07, 6.45) is 4.07. The Morgan fingerprint density at radius 1 is 1.39 bits per heavy atom. The third kappa shape index (κ3) is 2.72. The number of nitrogens with zero attached hydrogens (tertiary/aromatic N) is 1. The molecule has 2 unspecified atom stereocenters. The van der Waals surface area contributed by atoms with Gasteiger partial charge < -0.3 is 4.74 Å². The summed E-state index contributed by atoms with van der Waals surface area (Å²) < 4.78 is 5.50. The van der Waals surface area contributed by atoms with Gasteiger partial charge in [-0.05, 0) is 18.4 Å². The van der Waals surface area contributed by atoms with Gasteiger partial charge in [-0.25, -0.2) is 0 Å². The molecule has 0 amide bonds. The Labute approximate surface area is 109 Å². The Hall–Kier alpha value is -1.37. The van der Waals surface area contributed by atoms with Crippen molar-refractivity contribution in [1.82, 2.24) is 5.32 Å². The molecule has 1 saturated carbocycles. The van der Waals surface area contributed by atoms with Crippen LogP contribution in [-0.4, -0.2) is 18.8 Å². The normalized spacial score (nSPS) is 27.7. The van der Waals surface area contributed by atoms with Crippen molar-refractivity contribution in [3.05, 3.63) is 35.9 Å². The first kappa shape index (κ1) is 13.1. The summed E-state index contributed by atoms with van der Waals surface area (Å²) in [4.78, 5) is 0. The molecule has 3 nitrogen and oxygen atoms in total. The standard InChI is InChI=1S/C15H20N2O/c1-18-14-9-5-6-10-15(14,12-16)17-11-13-7-3-2-4-8-13/h2-4,7-8,14,17H,5-6,9-11H2,1H3. The summed E-state index contributed by atoms with van der Waals surface area (Å²) in [5.41, 5.74) is 0.676. The number of hydrogen-bond acceptors (Lipinski definition) is 3. The van der Waals surface area contributed by atoms with E-state index in [4.69, 9.17) is 4.74 Å². The van der Waals surface area contributed by atoms with Crippen molar-refractivity contribution in [3.8, 4) is 6.07 Å². The van der Waals surface area contributed by atoms with E-state index in [2.05, 4.69) is 23.5 Å². The molecule has 3 heteroatoms. The van der Waals surface area contributed by atoms with Crippen LogP contribution >= 0.6 is 0 Å². The van der Waals surface area contributed by atoms with E-state index in [1.807, 2.05) is 18.2 Å². The summed E-state index contributed by atoms with van der Waals surface area (Å²) in [5, 5.41) is 12.9. The first-order valence-electron chi connectivity index (χ1n) is 6.54. The molecule has 0 saturated heterocycles. The van der Waals surface area contributed by atoms with Crippen LogP contribution in [0.5, 0.6) is 0 Å². The number of nitriles is 1. The third-order valence-electron chi connectivity index (χ3n) is 3.77. The number of ether oxygens (including phenoxy) is 1. The van der Waals surface area contributed by atoms with Crippen LogP contribution in [0.15, 0.2) is 30.3 Å². The molecule has 0 bridgehead atoms. The zero-order chi connectivity index (χ0) is 12.8. The maximum absolute atomic E-state index is 9.53. The molecule has 1 aromatic carbocycles. The van der Waals surface area contributed by atoms with E-state index < -0.39 is 5.54 Å². The van der Waals surface area contributed by atoms with Gasteiger partial charge in [0, 0.05) is 13.7 Å². The number of rotatable bonds is 4. The fourth-order valence-corrected chi connectivity index (χ4v) is 2.69. The topological polar surface area (TPSA) is 45.0 Å². The van der Waals surface area contributed by atoms with E-state index in [9.17, 15) is 5.26 Å². The molecule has 1 aliphatic rings. The van der Waals surface area contributed by atoms with Gasteiger partial charge in [0.05, 0.1) is 12.2 Å². The molecule has 1 fully saturated rings. The quantitative estimate of drug-likeness (QED) is 0.885. The van der Waals surface area contributed by atoms with Gasteiger partial charge in [0.1, 0.15) is 5.54 Å². The summed E-state index contributed by atoms with van der Waals surface area (Å²) >= 11 is 0. The van der Waals surface area contributed by atoms with Gasteiger partial charge in [-0.1, -0.05) is 43.2 Å². The number of benzene rings is 1. The van der Waals surface area contributed by atoms with E-state index in [1.54, 1.807) is 7.11 Å². The molecular weight excluding hydrogens is 224 g/mol. The van der Waals surface area contributed by atoms with E-state index in [1.165, 1.54) is 5.56 Å². The van der Waals surface area contributed by atoms with Gasteiger partial charge in [0.15, 0.2) is 0 Å². The minimum Gasteiger partial charge on any atom is -0.378 e. The van der Waals surface area contributed by atoms with Gasteiger partial charge in [-0.3, -0.25) is 5.32 Å². The Morgan fingerprint density at radius 2 is 2.17 bits per heavy atom. The molecule has 2 rings (SSSR count). The lowest BCUT2D eigenvalue weighted by molar-refractivity contribution is 0.0122. The second-order valence-electron chi connectivity index (χ2n) is 4.89. The highest BCUT2D eigenvalue weighted by molar-refractivity contribution is 5.18. The van der Waals surface area contributed by atoms with Gasteiger partial charge in [0.25, 0.3) is 0 Å². The lowest BCUT2D eigenvalue weighted by atomic mass is 9.80. The van der Waals surface area contributed by atoms with Crippen LogP contribution in [0.4, 0.5) is 0 Å². The monoisotopic (exact) mass is 244 g/mol. The van der Waals surface area contributed by atoms with Crippen LogP contribution in [0.3, 0.4) is 0 Å². The summed E-state index contributed by atoms with van der Waals surface area (Å²) in [6, 6.07) is 12.6. The Balaban J connectivity index is 2.06. The maximum Gasteiger partial charge on any atom is 0.133 e. The lowest BCUT2D eigenvalue weighted by Crippen LogP contribution is -2.55. The molecule has 2 atom stereocenters. The van der Waals surface area contributed by atoms with Crippen molar-refractivity contribution in [3.63, 3.8) is 0 Å². The third-order valence-corrected chi connectivity index (χ3v) is 3.77. The molecule has 18 heavy (non-hydrogen) atoms. The summed E-state index contributed by atoms with van der Waals surface area (Å²) in [6.45, 7) is 0.717. The fraction of sp³-hybridized carbons (Fsp3) is 0.533. The van der Waals surface area contributed by atoms with Crippen molar-refractivity contribution in [2.24, 2.45) is 0 Å². The highest BCUT2D eigenvalue weighted by Gasteiger charge is 2.41. The molecule has 1 aromatic rings. The van der Waals surface area contributed by atoms with Crippen LogP contribution in [0, 0.1) is 11.3 Å². The zero-order valence-corrected chi connectivity index (χ0v) is 10.9. The predicted octanol–water partition coefficient (Wildman–Crippen LogP) is 2.63. The van der Waals surface area contributed by atoms with Crippen molar-refractivity contribution in [1.29, 1.82) is 5.26 Å². The van der Waals surface area contributed by atoms with E-state index in [0.29, 0.717) is 6.54 Å². The Kier molecular flexibility index (Phi) is 4.35. The molecule has 0 aromatic heterocycles. The van der Waals surface area contributed by atoms with Gasteiger partial charge in [-0.2, -0.15) is 5.26 Å². The Morgan fingerprint density at radius 3 is 2.83 bits per heavy atom. The highest BCUT2D eigenvalue weighted by Crippen LogP contribution is 2.30. The average molecular weight is 244 g/mol. The molecule has 0 aliphatic heterocycles. The van der Waals surface area contributed by atoms with Crippen molar-refractivity contribution in [2.75, 3.05) is 7.11 Å². The summed E-state index contributed by atoms with van der Waals surface area (Å²) in [7, 11) is 1.70. The Bertz CT molecular complexity index is 412. The molecule has 0 heterocycles. The molecule has 0 spiro atoms. The van der Waals surface area contributed by atoms with Crippen LogP contribution in [0.2, 0.25) is 0 Å². The molecule has 1 N–H and O–H groups in total. The molecule has 0 radical (unpaired) electrons. The predicted molar refractivity (Wildman–Crippen MR) is 70.9 cm³/mol. The van der Waals surface area contributed by atoms with Gasteiger partial charge >= 0.3 is 0 Å². The first-order chi connectivity index (χ1) is 8.80. The van der Waals surface area contributed by atoms with E-state index >= 15 is 0 Å². The number of nitrogens with one attached hydrogen (secondary N) is 1. The van der Waals surface area contributed by atoms with Crippen LogP contribution in [0.25, 0.3) is 0 Å². The van der Waals surface area contributed by atoms with Crippen molar-refractivity contribution in [2.45, 2.75) is 43.9 Å². The van der Waals surface area contributed by atoms with Crippen LogP contribution in [-0.2, 0) is 11.3 Å². The van der Waals surface area contributed by atoms with Crippen LogP contribution in [0.1, 0.15) is 31.2 Å². The molecule has 1 aliphatic carbocycles. The summed E-state index contributed by atoms with van der Waals surface area (Å²) in [5.74, 6) is 0. The largest absolute Gasteiger partial charge is 0.378 e. The van der Waals surface area contributed by atoms with Crippen LogP contribution < -0.4 is 5.32 Å². The number of methoxy groups -OCH3 is 1. The van der Waals surface area contributed by atoms with Crippen molar-refractivity contribution >= 4 is 0 Å². The minimum atomic E-state index is -0.525. The second-order valence-corrected chi connectivity index (χ2v) is 4.89. The first-order valence-corrected chi connectivity index (χ1v) is 6.54. The zero-order valence-electron chi connectivity index (χ0n) is 10.9. The second kappa shape index (κ2) is 5.99. The van der Waals surface area contributed by atoms with E-state index in [-0.39, 0.29) is 6.10 Å². The smallest absolute Gasteiger partial charge is 0.133 e. The molecule has 96 valence electrons. The van der Waals surface area contributed by atoms with Gasteiger partial charge in [0.2, 0.25) is 0 Å². The van der Waals surface area contributed by atoms with E-state index in [0.717, 1.165) is 25.7 Å². The fourth-order valence-electron chi connectivity index (χ4n) is 2.69. The average Bonchev–Trinajstić information content (AvgIpc) is 2.46. The van der Waals surface area contributed by atoms with Crippen molar-refractivity contribution < 1.29 is 4.74 Å². The molecular formula is C15H20N2O. The van der Waals surface area contributed by atoms with Gasteiger partial charge in [-0.15, -0.1) is 0 Å². The lowest BCUT2D eigenvalue weighted by Gasteiger charge is -2.38.